The van der Waals surface area contributed by atoms with E-state index in [0.29, 0.717) is 5.92 Å². The monoisotopic (exact) mass is 219 g/mol. The van der Waals surface area contributed by atoms with Gasteiger partial charge in [0.2, 0.25) is 0 Å². The first kappa shape index (κ1) is 11.6. The Morgan fingerprint density at radius 1 is 1.38 bits per heavy atom. The minimum atomic E-state index is 0.125. The topological polar surface area (TPSA) is 35.2 Å². The van der Waals surface area contributed by atoms with E-state index in [1.54, 1.807) is 0 Å². The van der Waals surface area contributed by atoms with Gasteiger partial charge < -0.3 is 10.5 Å². The summed E-state index contributed by atoms with van der Waals surface area (Å²) in [4.78, 5) is 0. The van der Waals surface area contributed by atoms with Crippen molar-refractivity contribution in [2.24, 2.45) is 11.7 Å². The lowest BCUT2D eigenvalue weighted by Crippen LogP contribution is -2.39. The molecule has 1 saturated heterocycles. The second kappa shape index (κ2) is 4.98. The highest BCUT2D eigenvalue weighted by Gasteiger charge is 2.29. The molecular formula is C14H21NO. The highest BCUT2D eigenvalue weighted by molar-refractivity contribution is 5.22. The van der Waals surface area contributed by atoms with Gasteiger partial charge in [-0.05, 0) is 31.2 Å². The summed E-state index contributed by atoms with van der Waals surface area (Å²) in [5, 5.41) is 0. The molecule has 88 valence electrons. The van der Waals surface area contributed by atoms with Crippen molar-refractivity contribution in [1.29, 1.82) is 0 Å². The molecule has 1 heterocycles. The van der Waals surface area contributed by atoms with Crippen LogP contribution in [0.2, 0.25) is 0 Å². The van der Waals surface area contributed by atoms with E-state index in [0.717, 1.165) is 19.4 Å². The van der Waals surface area contributed by atoms with Crippen molar-refractivity contribution in [3.05, 3.63) is 35.4 Å². The smallest absolute Gasteiger partial charge is 0.0755 e. The number of rotatable bonds is 3. The average Bonchev–Trinajstić information content (AvgIpc) is 2.68. The Hall–Kier alpha value is -0.860. The molecule has 3 unspecified atom stereocenters. The van der Waals surface area contributed by atoms with Crippen LogP contribution in [-0.2, 0) is 11.2 Å². The summed E-state index contributed by atoms with van der Waals surface area (Å²) in [6.07, 6.45) is 2.29. The van der Waals surface area contributed by atoms with Crippen LogP contribution in [-0.4, -0.2) is 18.8 Å². The third-order valence-electron chi connectivity index (χ3n) is 3.46. The fourth-order valence-electron chi connectivity index (χ4n) is 2.38. The molecule has 2 heteroatoms. The lowest BCUT2D eigenvalue weighted by atomic mass is 9.93. The molecule has 2 N–H and O–H groups in total. The predicted molar refractivity (Wildman–Crippen MR) is 66.4 cm³/mol. The normalized spacial score (nSPS) is 26.9. The van der Waals surface area contributed by atoms with E-state index in [2.05, 4.69) is 38.1 Å². The first-order valence-electron chi connectivity index (χ1n) is 6.09. The van der Waals surface area contributed by atoms with E-state index in [-0.39, 0.29) is 12.1 Å². The van der Waals surface area contributed by atoms with Crippen LogP contribution >= 0.6 is 0 Å². The van der Waals surface area contributed by atoms with Crippen LogP contribution in [0.15, 0.2) is 24.3 Å². The Labute approximate surface area is 97.8 Å². The summed E-state index contributed by atoms with van der Waals surface area (Å²) in [5.74, 6) is 0.598. The summed E-state index contributed by atoms with van der Waals surface area (Å²) in [7, 11) is 0. The second-order valence-corrected chi connectivity index (χ2v) is 4.95. The zero-order chi connectivity index (χ0) is 11.5. The van der Waals surface area contributed by atoms with E-state index >= 15 is 0 Å². The lowest BCUT2D eigenvalue weighted by Gasteiger charge is -2.22. The van der Waals surface area contributed by atoms with Gasteiger partial charge in [0, 0.05) is 12.6 Å². The van der Waals surface area contributed by atoms with E-state index in [1.165, 1.54) is 11.1 Å². The van der Waals surface area contributed by atoms with Crippen molar-refractivity contribution >= 4 is 0 Å². The number of nitrogens with two attached hydrogens (primary N) is 1. The molecule has 1 aromatic carbocycles. The average molecular weight is 219 g/mol. The molecule has 2 nitrogen and oxygen atoms in total. The first-order chi connectivity index (χ1) is 7.66. The van der Waals surface area contributed by atoms with Gasteiger partial charge in [-0.2, -0.15) is 0 Å². The molecule has 0 amide bonds. The molecule has 0 aliphatic carbocycles. The van der Waals surface area contributed by atoms with Crippen LogP contribution < -0.4 is 5.73 Å². The number of hydrogen-bond donors (Lipinski definition) is 1. The molecule has 1 aliphatic heterocycles. The Morgan fingerprint density at radius 2 is 2.06 bits per heavy atom. The Kier molecular flexibility index (Phi) is 3.62. The molecule has 0 radical (unpaired) electrons. The zero-order valence-corrected chi connectivity index (χ0v) is 10.1. The maximum Gasteiger partial charge on any atom is 0.0755 e. The molecule has 3 atom stereocenters. The second-order valence-electron chi connectivity index (χ2n) is 4.95. The number of hydrogen-bond acceptors (Lipinski definition) is 2. The molecular weight excluding hydrogens is 198 g/mol. The Bertz CT molecular complexity index is 333. The zero-order valence-electron chi connectivity index (χ0n) is 10.1. The molecule has 0 bridgehead atoms. The van der Waals surface area contributed by atoms with Crippen molar-refractivity contribution in [1.82, 2.24) is 0 Å². The van der Waals surface area contributed by atoms with Gasteiger partial charge in [0.05, 0.1) is 6.10 Å². The van der Waals surface area contributed by atoms with E-state index < -0.39 is 0 Å². The van der Waals surface area contributed by atoms with Crippen molar-refractivity contribution in [2.75, 3.05) is 6.61 Å². The fraction of sp³-hybridized carbons (Fsp3) is 0.571. The summed E-state index contributed by atoms with van der Waals surface area (Å²) >= 11 is 0. The Balaban J connectivity index is 1.96. The van der Waals surface area contributed by atoms with Crippen molar-refractivity contribution in [3.8, 4) is 0 Å². The summed E-state index contributed by atoms with van der Waals surface area (Å²) in [6.45, 7) is 5.20. The minimum absolute atomic E-state index is 0.125. The van der Waals surface area contributed by atoms with Crippen LogP contribution in [0.5, 0.6) is 0 Å². The van der Waals surface area contributed by atoms with Gasteiger partial charge in [0.25, 0.3) is 0 Å². The lowest BCUT2D eigenvalue weighted by molar-refractivity contribution is 0.0726. The van der Waals surface area contributed by atoms with Crippen LogP contribution in [0.25, 0.3) is 0 Å². The van der Waals surface area contributed by atoms with Gasteiger partial charge in [0.1, 0.15) is 0 Å². The quantitative estimate of drug-likeness (QED) is 0.846. The summed E-state index contributed by atoms with van der Waals surface area (Å²) < 4.78 is 5.70. The highest BCUT2D eigenvalue weighted by Crippen LogP contribution is 2.23. The number of benzene rings is 1. The minimum Gasteiger partial charge on any atom is -0.376 e. The van der Waals surface area contributed by atoms with Crippen LogP contribution in [0.4, 0.5) is 0 Å². The standard InChI is InChI=1S/C14H21NO/c1-10-3-5-12(6-4-10)9-13(15)14-11(2)7-8-16-14/h3-6,11,13-14H,7-9,15H2,1-2H3. The molecule has 0 saturated carbocycles. The van der Waals surface area contributed by atoms with E-state index in [1.807, 2.05) is 0 Å². The third kappa shape index (κ3) is 2.63. The van der Waals surface area contributed by atoms with Crippen LogP contribution in [0.1, 0.15) is 24.5 Å². The number of ether oxygens (including phenoxy) is 1. The maximum atomic E-state index is 6.21. The van der Waals surface area contributed by atoms with E-state index in [4.69, 9.17) is 10.5 Å². The molecule has 0 aromatic heterocycles. The van der Waals surface area contributed by atoms with Gasteiger partial charge in [0.15, 0.2) is 0 Å². The van der Waals surface area contributed by atoms with Gasteiger partial charge in [-0.1, -0.05) is 36.8 Å². The van der Waals surface area contributed by atoms with Crippen molar-refractivity contribution < 1.29 is 4.74 Å². The summed E-state index contributed by atoms with van der Waals surface area (Å²) in [6, 6.07) is 8.73. The molecule has 1 fully saturated rings. The molecule has 1 aliphatic rings. The van der Waals surface area contributed by atoms with Crippen molar-refractivity contribution in [3.63, 3.8) is 0 Å². The fourth-order valence-corrected chi connectivity index (χ4v) is 2.38. The van der Waals surface area contributed by atoms with Crippen molar-refractivity contribution in [2.45, 2.75) is 38.8 Å². The van der Waals surface area contributed by atoms with E-state index in [9.17, 15) is 0 Å². The van der Waals surface area contributed by atoms with Gasteiger partial charge in [-0.25, -0.2) is 0 Å². The highest BCUT2D eigenvalue weighted by atomic mass is 16.5. The maximum absolute atomic E-state index is 6.21. The Morgan fingerprint density at radius 3 is 2.62 bits per heavy atom. The molecule has 1 aromatic rings. The summed E-state index contributed by atoms with van der Waals surface area (Å²) in [5.41, 5.74) is 8.82. The predicted octanol–water partition coefficient (Wildman–Crippen LogP) is 2.29. The van der Waals surface area contributed by atoms with Crippen LogP contribution in [0.3, 0.4) is 0 Å². The van der Waals surface area contributed by atoms with Gasteiger partial charge >= 0.3 is 0 Å². The van der Waals surface area contributed by atoms with Gasteiger partial charge in [-0.3, -0.25) is 0 Å². The van der Waals surface area contributed by atoms with Crippen LogP contribution in [0, 0.1) is 12.8 Å². The SMILES string of the molecule is Cc1ccc(CC(N)C2OCCC2C)cc1. The molecule has 16 heavy (non-hydrogen) atoms. The van der Waals surface area contributed by atoms with Gasteiger partial charge in [-0.15, -0.1) is 0 Å². The first-order valence-corrected chi connectivity index (χ1v) is 6.09. The molecule has 0 spiro atoms. The number of aryl methyl sites for hydroxylation is 1. The largest absolute Gasteiger partial charge is 0.376 e. The third-order valence-corrected chi connectivity index (χ3v) is 3.46. The molecule has 2 rings (SSSR count).